The third-order valence-corrected chi connectivity index (χ3v) is 6.35. The molecule has 0 bridgehead atoms. The number of carbonyl (C=O) groups is 4. The average molecular weight is 627 g/mol. The van der Waals surface area contributed by atoms with Crippen LogP contribution in [0.3, 0.4) is 0 Å². The van der Waals surface area contributed by atoms with Crippen molar-refractivity contribution in [3.8, 4) is 11.5 Å². The van der Waals surface area contributed by atoms with Crippen LogP contribution in [-0.2, 0) is 16.2 Å². The van der Waals surface area contributed by atoms with Gasteiger partial charge < -0.3 is 25.2 Å². The number of imide groups is 1. The van der Waals surface area contributed by atoms with Crippen molar-refractivity contribution in [2.75, 3.05) is 19.0 Å². The van der Waals surface area contributed by atoms with E-state index in [0.29, 0.717) is 22.7 Å². The highest BCUT2D eigenvalue weighted by molar-refractivity contribution is 14.1. The van der Waals surface area contributed by atoms with Crippen molar-refractivity contribution in [3.05, 3.63) is 92.7 Å². The lowest BCUT2D eigenvalue weighted by atomic mass is 10.1. The highest BCUT2D eigenvalue weighted by Crippen LogP contribution is 2.26. The van der Waals surface area contributed by atoms with E-state index in [9.17, 15) is 19.2 Å². The van der Waals surface area contributed by atoms with Crippen molar-refractivity contribution in [2.45, 2.75) is 6.61 Å². The fourth-order valence-electron chi connectivity index (χ4n) is 3.59. The van der Waals surface area contributed by atoms with Gasteiger partial charge in [-0.3, -0.25) is 9.59 Å². The first-order valence-corrected chi connectivity index (χ1v) is 12.3. The van der Waals surface area contributed by atoms with Crippen LogP contribution < -0.4 is 20.1 Å². The summed E-state index contributed by atoms with van der Waals surface area (Å²) in [5.74, 6) is -1.10. The Morgan fingerprint density at radius 1 is 1.05 bits per heavy atom. The number of carbonyl (C=O) groups excluding carboxylic acids is 3. The number of nitrogens with zero attached hydrogens (tertiary/aromatic N) is 1. The number of para-hydroxylation sites is 2. The Kier molecular flexibility index (Phi) is 8.26. The van der Waals surface area contributed by atoms with Gasteiger partial charge in [-0.2, -0.15) is 0 Å². The summed E-state index contributed by atoms with van der Waals surface area (Å²) in [6.45, 7) is -0.214. The van der Waals surface area contributed by atoms with Crippen molar-refractivity contribution in [2.24, 2.45) is 0 Å². The number of anilines is 1. The quantitative estimate of drug-likeness (QED) is 0.185. The smallest absolute Gasteiger partial charge is 0.335 e. The molecule has 1 saturated heterocycles. The molecular weight excluding hydrogens is 605 g/mol. The lowest BCUT2D eigenvalue weighted by Gasteiger charge is -2.13. The minimum atomic E-state index is -0.993. The van der Waals surface area contributed by atoms with Crippen LogP contribution in [0.5, 0.6) is 11.5 Å². The van der Waals surface area contributed by atoms with Crippen LogP contribution in [0.1, 0.15) is 21.5 Å². The number of hydrogen-bond acceptors (Lipinski definition) is 6. The number of aromatic carboxylic acids is 1. The molecule has 0 atom stereocenters. The molecule has 194 valence electrons. The van der Waals surface area contributed by atoms with E-state index in [4.69, 9.17) is 14.6 Å². The molecule has 11 heteroatoms. The zero-order valence-corrected chi connectivity index (χ0v) is 22.2. The standard InChI is InChI=1S/C27H22IN3O7/c1-37-23-5-3-2-4-20(23)29-24(32)14-31-25(33)21(30-27(31)36)13-17-8-11-22(19(28)12-17)38-15-16-6-9-18(10-7-16)26(34)35/h2-13H,14-15H2,1H3,(H,29,32)(H,30,36)(H,34,35)/b21-13+. The zero-order valence-electron chi connectivity index (χ0n) is 20.1. The lowest BCUT2D eigenvalue weighted by Crippen LogP contribution is -2.38. The molecule has 0 saturated carbocycles. The summed E-state index contributed by atoms with van der Waals surface area (Å²) in [4.78, 5) is 49.5. The second-order valence-electron chi connectivity index (χ2n) is 8.11. The number of hydrogen-bond donors (Lipinski definition) is 3. The second-order valence-corrected chi connectivity index (χ2v) is 9.27. The van der Waals surface area contributed by atoms with E-state index in [0.717, 1.165) is 14.0 Å². The van der Waals surface area contributed by atoms with Gasteiger partial charge in [-0.05, 0) is 76.2 Å². The Morgan fingerprint density at radius 2 is 1.79 bits per heavy atom. The molecule has 3 aromatic rings. The van der Waals surface area contributed by atoms with Gasteiger partial charge in [0.05, 0.1) is 21.9 Å². The van der Waals surface area contributed by atoms with E-state index in [1.807, 2.05) is 0 Å². The van der Waals surface area contributed by atoms with Crippen LogP contribution in [0.2, 0.25) is 0 Å². The monoisotopic (exact) mass is 627 g/mol. The molecule has 1 fully saturated rings. The van der Waals surface area contributed by atoms with E-state index in [2.05, 4.69) is 33.2 Å². The molecule has 3 N–H and O–H groups in total. The van der Waals surface area contributed by atoms with Crippen LogP contribution in [0.4, 0.5) is 10.5 Å². The third-order valence-electron chi connectivity index (χ3n) is 5.51. The van der Waals surface area contributed by atoms with Crippen molar-refractivity contribution >= 4 is 58.2 Å². The van der Waals surface area contributed by atoms with E-state index >= 15 is 0 Å². The summed E-state index contributed by atoms with van der Waals surface area (Å²) in [7, 11) is 1.47. The van der Waals surface area contributed by atoms with Gasteiger partial charge in [-0.1, -0.05) is 30.3 Å². The third kappa shape index (κ3) is 6.29. The molecular formula is C27H22IN3O7. The summed E-state index contributed by atoms with van der Waals surface area (Å²) in [6, 6.07) is 17.8. The van der Waals surface area contributed by atoms with Crippen LogP contribution in [0.15, 0.2) is 72.4 Å². The van der Waals surface area contributed by atoms with Gasteiger partial charge in [0.1, 0.15) is 30.3 Å². The number of methoxy groups -OCH3 is 1. The van der Waals surface area contributed by atoms with Crippen molar-refractivity contribution in [1.82, 2.24) is 10.2 Å². The lowest BCUT2D eigenvalue weighted by molar-refractivity contribution is -0.127. The molecule has 4 rings (SSSR count). The largest absolute Gasteiger partial charge is 0.495 e. The van der Waals surface area contributed by atoms with Gasteiger partial charge in [-0.25, -0.2) is 14.5 Å². The van der Waals surface area contributed by atoms with Crippen molar-refractivity contribution in [3.63, 3.8) is 0 Å². The predicted octanol–water partition coefficient (Wildman–Crippen LogP) is 4.11. The Hall–Kier alpha value is -4.39. The molecule has 4 amide bonds. The maximum atomic E-state index is 12.8. The van der Waals surface area contributed by atoms with E-state index in [-0.39, 0.29) is 17.9 Å². The van der Waals surface area contributed by atoms with Gasteiger partial charge >= 0.3 is 12.0 Å². The first-order chi connectivity index (χ1) is 18.2. The Morgan fingerprint density at radius 3 is 2.47 bits per heavy atom. The first-order valence-electron chi connectivity index (χ1n) is 11.3. The number of ether oxygens (including phenoxy) is 2. The van der Waals surface area contributed by atoms with Crippen molar-refractivity contribution < 1.29 is 33.8 Å². The molecule has 1 aliphatic heterocycles. The summed E-state index contributed by atoms with van der Waals surface area (Å²) in [5.41, 5.74) is 2.13. The van der Waals surface area contributed by atoms with Crippen molar-refractivity contribution in [1.29, 1.82) is 0 Å². The molecule has 1 aliphatic rings. The molecule has 10 nitrogen and oxygen atoms in total. The Bertz CT molecular complexity index is 1440. The number of halogens is 1. The predicted molar refractivity (Wildman–Crippen MR) is 147 cm³/mol. The summed E-state index contributed by atoms with van der Waals surface area (Å²) >= 11 is 2.10. The van der Waals surface area contributed by atoms with Crippen LogP contribution in [0.25, 0.3) is 6.08 Å². The first kappa shape index (κ1) is 26.7. The second kappa shape index (κ2) is 11.8. The SMILES string of the molecule is COc1ccccc1NC(=O)CN1C(=O)N/C(=C/c2ccc(OCc3ccc(C(=O)O)cc3)c(I)c2)C1=O. The number of urea groups is 1. The number of nitrogens with one attached hydrogen (secondary N) is 2. The van der Waals surface area contributed by atoms with Crippen LogP contribution in [0, 0.1) is 3.57 Å². The number of rotatable bonds is 9. The number of amides is 4. The van der Waals surface area contributed by atoms with Crippen LogP contribution >= 0.6 is 22.6 Å². The summed E-state index contributed by atoms with van der Waals surface area (Å²) in [5, 5.41) is 14.1. The van der Waals surface area contributed by atoms with Gasteiger partial charge in [0.15, 0.2) is 0 Å². The number of benzene rings is 3. The maximum absolute atomic E-state index is 12.8. The molecule has 0 spiro atoms. The summed E-state index contributed by atoms with van der Waals surface area (Å²) in [6.07, 6.45) is 1.52. The zero-order chi connectivity index (χ0) is 27.2. The highest BCUT2D eigenvalue weighted by Gasteiger charge is 2.35. The topological polar surface area (TPSA) is 134 Å². The van der Waals surface area contributed by atoms with Gasteiger partial charge in [0.2, 0.25) is 5.91 Å². The maximum Gasteiger partial charge on any atom is 0.335 e. The molecule has 0 aromatic heterocycles. The fraction of sp³-hybridized carbons (Fsp3) is 0.111. The minimum Gasteiger partial charge on any atom is -0.495 e. The van der Waals surface area contributed by atoms with Gasteiger partial charge in [0.25, 0.3) is 5.91 Å². The normalized spacial score (nSPS) is 13.8. The molecule has 38 heavy (non-hydrogen) atoms. The van der Waals surface area contributed by atoms with E-state index in [1.54, 1.807) is 54.6 Å². The molecule has 0 aliphatic carbocycles. The fourth-order valence-corrected chi connectivity index (χ4v) is 4.29. The Labute approximate surface area is 231 Å². The van der Waals surface area contributed by atoms with Crippen LogP contribution in [-0.4, -0.2) is 47.5 Å². The molecule has 0 unspecified atom stereocenters. The average Bonchev–Trinajstić information content (AvgIpc) is 3.16. The van der Waals surface area contributed by atoms with Gasteiger partial charge in [0, 0.05) is 0 Å². The molecule has 1 heterocycles. The number of carboxylic acids is 1. The highest BCUT2D eigenvalue weighted by atomic mass is 127. The summed E-state index contributed by atoms with van der Waals surface area (Å²) < 4.78 is 11.8. The minimum absolute atomic E-state index is 0.0445. The molecule has 3 aromatic carbocycles. The van der Waals surface area contributed by atoms with E-state index < -0.39 is 30.4 Å². The Balaban J connectivity index is 1.39. The van der Waals surface area contributed by atoms with Gasteiger partial charge in [-0.15, -0.1) is 0 Å². The van der Waals surface area contributed by atoms with E-state index in [1.165, 1.54) is 25.3 Å². The molecule has 0 radical (unpaired) electrons. The number of carboxylic acid groups (broad SMARTS) is 1.